The maximum Gasteiger partial charge on any atom is 0.408 e. The first-order chi connectivity index (χ1) is 12.7. The van der Waals surface area contributed by atoms with Crippen molar-refractivity contribution in [1.82, 2.24) is 5.32 Å². The zero-order chi connectivity index (χ0) is 20.0. The topological polar surface area (TPSA) is 47.6 Å². The van der Waals surface area contributed by atoms with E-state index >= 15 is 0 Å². The van der Waals surface area contributed by atoms with Gasteiger partial charge in [-0.25, -0.2) is 4.79 Å². The molecule has 0 aliphatic rings. The summed E-state index contributed by atoms with van der Waals surface area (Å²) in [6.45, 7) is 7.34. The van der Waals surface area contributed by atoms with Crippen molar-refractivity contribution in [2.75, 3.05) is 7.11 Å². The van der Waals surface area contributed by atoms with E-state index in [9.17, 15) is 4.79 Å². The van der Waals surface area contributed by atoms with Gasteiger partial charge in [-0.15, -0.1) is 0 Å². The minimum Gasteiger partial charge on any atom is -0.497 e. The summed E-state index contributed by atoms with van der Waals surface area (Å²) in [4.78, 5) is 14.8. The molecule has 0 radical (unpaired) electrons. The molecule has 1 atom stereocenters. The SMILES string of the molecule is COc1cccc(Sc2ccc(C(=S)[C@H](C)NC(=O)OC(C)(C)C)cc2)c1. The minimum atomic E-state index is -0.537. The van der Waals surface area contributed by atoms with Gasteiger partial charge in [-0.2, -0.15) is 0 Å². The molecule has 2 aromatic rings. The van der Waals surface area contributed by atoms with Crippen LogP contribution in [0.2, 0.25) is 0 Å². The zero-order valence-corrected chi connectivity index (χ0v) is 17.9. The fourth-order valence-corrected chi connectivity index (χ4v) is 3.35. The van der Waals surface area contributed by atoms with Gasteiger partial charge in [-0.3, -0.25) is 0 Å². The van der Waals surface area contributed by atoms with E-state index in [1.54, 1.807) is 18.9 Å². The summed E-state index contributed by atoms with van der Waals surface area (Å²) in [5.41, 5.74) is 0.369. The van der Waals surface area contributed by atoms with Crippen LogP contribution in [0.15, 0.2) is 58.3 Å². The third kappa shape index (κ3) is 6.88. The maximum atomic E-state index is 11.9. The Kier molecular flexibility index (Phi) is 7.27. The second-order valence-electron chi connectivity index (χ2n) is 7.04. The monoisotopic (exact) mass is 403 g/mol. The largest absolute Gasteiger partial charge is 0.497 e. The molecule has 1 N–H and O–H groups in total. The van der Waals surface area contributed by atoms with Gasteiger partial charge in [-0.1, -0.05) is 42.2 Å². The Morgan fingerprint density at radius 2 is 1.78 bits per heavy atom. The van der Waals surface area contributed by atoms with Gasteiger partial charge in [0, 0.05) is 14.7 Å². The number of hydrogen-bond donors (Lipinski definition) is 1. The molecular weight excluding hydrogens is 378 g/mol. The first-order valence-electron chi connectivity index (χ1n) is 8.63. The Morgan fingerprint density at radius 3 is 2.37 bits per heavy atom. The minimum absolute atomic E-state index is 0.299. The van der Waals surface area contributed by atoms with Crippen LogP contribution in [-0.2, 0) is 4.74 Å². The van der Waals surface area contributed by atoms with Crippen molar-refractivity contribution in [2.24, 2.45) is 0 Å². The highest BCUT2D eigenvalue weighted by molar-refractivity contribution is 7.99. The number of carbonyl (C=O) groups excluding carboxylic acids is 1. The molecule has 0 spiro atoms. The quantitative estimate of drug-likeness (QED) is 0.511. The Labute approximate surface area is 170 Å². The number of rotatable bonds is 6. The van der Waals surface area contributed by atoms with E-state index in [0.29, 0.717) is 4.86 Å². The van der Waals surface area contributed by atoms with Crippen LogP contribution in [0.4, 0.5) is 4.79 Å². The van der Waals surface area contributed by atoms with Crippen LogP contribution in [0.1, 0.15) is 33.3 Å². The Bertz CT molecular complexity index is 798. The van der Waals surface area contributed by atoms with Crippen LogP contribution in [0.3, 0.4) is 0 Å². The molecule has 0 heterocycles. The molecule has 0 unspecified atom stereocenters. The fraction of sp³-hybridized carbons (Fsp3) is 0.333. The molecule has 1 amide bonds. The van der Waals surface area contributed by atoms with Crippen LogP contribution in [-0.4, -0.2) is 29.7 Å². The van der Waals surface area contributed by atoms with Crippen molar-refractivity contribution in [3.63, 3.8) is 0 Å². The van der Waals surface area contributed by atoms with E-state index in [0.717, 1.165) is 21.1 Å². The molecule has 2 aromatic carbocycles. The van der Waals surface area contributed by atoms with Crippen molar-refractivity contribution >= 4 is 34.9 Å². The van der Waals surface area contributed by atoms with Crippen molar-refractivity contribution in [3.05, 3.63) is 54.1 Å². The standard InChI is InChI=1S/C21H25NO3S2/c1-14(22-20(23)25-21(2,3)4)19(26)15-9-11-17(12-10-15)27-18-8-6-7-16(13-18)24-5/h6-14H,1-5H3,(H,22,23)/t14-/m0/s1. The summed E-state index contributed by atoms with van der Waals surface area (Å²) < 4.78 is 10.5. The van der Waals surface area contributed by atoms with E-state index in [1.165, 1.54) is 0 Å². The molecular formula is C21H25NO3S2. The lowest BCUT2D eigenvalue weighted by molar-refractivity contribution is 0.0522. The molecule has 0 aliphatic carbocycles. The van der Waals surface area contributed by atoms with Crippen molar-refractivity contribution in [3.8, 4) is 5.75 Å². The number of amides is 1. The van der Waals surface area contributed by atoms with Gasteiger partial charge in [-0.05, 0) is 63.6 Å². The molecule has 0 bridgehead atoms. The summed E-state index contributed by atoms with van der Waals surface area (Å²) in [7, 11) is 1.66. The van der Waals surface area contributed by atoms with Crippen LogP contribution < -0.4 is 10.1 Å². The van der Waals surface area contributed by atoms with Gasteiger partial charge in [0.25, 0.3) is 0 Å². The van der Waals surface area contributed by atoms with Crippen LogP contribution >= 0.6 is 24.0 Å². The molecule has 6 heteroatoms. The number of methoxy groups -OCH3 is 1. The van der Waals surface area contributed by atoms with Gasteiger partial charge >= 0.3 is 6.09 Å². The average molecular weight is 404 g/mol. The molecule has 0 aliphatic heterocycles. The van der Waals surface area contributed by atoms with Gasteiger partial charge in [0.15, 0.2) is 0 Å². The fourth-order valence-electron chi connectivity index (χ4n) is 2.29. The number of carbonyl (C=O) groups is 1. The maximum absolute atomic E-state index is 11.9. The smallest absolute Gasteiger partial charge is 0.408 e. The number of benzene rings is 2. The van der Waals surface area contributed by atoms with E-state index in [-0.39, 0.29) is 6.04 Å². The lowest BCUT2D eigenvalue weighted by Crippen LogP contribution is -2.41. The van der Waals surface area contributed by atoms with Crippen LogP contribution in [0, 0.1) is 0 Å². The molecule has 0 saturated carbocycles. The lowest BCUT2D eigenvalue weighted by Gasteiger charge is -2.22. The second-order valence-corrected chi connectivity index (χ2v) is 8.62. The van der Waals surface area contributed by atoms with E-state index in [1.807, 2.05) is 76.2 Å². The Morgan fingerprint density at radius 1 is 1.11 bits per heavy atom. The lowest BCUT2D eigenvalue weighted by atomic mass is 10.1. The van der Waals surface area contributed by atoms with Gasteiger partial charge in [0.2, 0.25) is 0 Å². The van der Waals surface area contributed by atoms with Gasteiger partial charge < -0.3 is 14.8 Å². The van der Waals surface area contributed by atoms with E-state index in [2.05, 4.69) is 5.32 Å². The highest BCUT2D eigenvalue weighted by Gasteiger charge is 2.20. The molecule has 2 rings (SSSR count). The molecule has 4 nitrogen and oxygen atoms in total. The van der Waals surface area contributed by atoms with Crippen LogP contribution in [0.25, 0.3) is 0 Å². The van der Waals surface area contributed by atoms with Crippen molar-refractivity contribution in [2.45, 2.75) is 49.1 Å². The van der Waals surface area contributed by atoms with Crippen LogP contribution in [0.5, 0.6) is 5.75 Å². The molecule has 0 fully saturated rings. The predicted octanol–water partition coefficient (Wildman–Crippen LogP) is 5.48. The molecule has 27 heavy (non-hydrogen) atoms. The second kappa shape index (κ2) is 9.24. The highest BCUT2D eigenvalue weighted by Crippen LogP contribution is 2.30. The number of hydrogen-bond acceptors (Lipinski definition) is 5. The summed E-state index contributed by atoms with van der Waals surface area (Å²) in [6.07, 6.45) is -0.470. The van der Waals surface area contributed by atoms with Crippen molar-refractivity contribution < 1.29 is 14.3 Å². The number of ether oxygens (including phenoxy) is 2. The van der Waals surface area contributed by atoms with Crippen molar-refractivity contribution in [1.29, 1.82) is 0 Å². The number of thiocarbonyl (C=S) groups is 1. The summed E-state index contributed by atoms with van der Waals surface area (Å²) in [5, 5.41) is 2.78. The predicted molar refractivity (Wildman–Crippen MR) is 114 cm³/mol. The Hall–Kier alpha value is -2.05. The van der Waals surface area contributed by atoms with E-state index in [4.69, 9.17) is 21.7 Å². The first-order valence-corrected chi connectivity index (χ1v) is 9.86. The highest BCUT2D eigenvalue weighted by atomic mass is 32.2. The summed E-state index contributed by atoms with van der Waals surface area (Å²) in [5.74, 6) is 0.833. The average Bonchev–Trinajstić information content (AvgIpc) is 2.60. The summed E-state index contributed by atoms with van der Waals surface area (Å²) >= 11 is 7.17. The molecule has 144 valence electrons. The third-order valence-corrected chi connectivity index (χ3v) is 5.13. The Balaban J connectivity index is 1.99. The third-order valence-electron chi connectivity index (χ3n) is 3.54. The first kappa shape index (κ1) is 21.3. The summed E-state index contributed by atoms with van der Waals surface area (Å²) in [6, 6.07) is 15.6. The zero-order valence-electron chi connectivity index (χ0n) is 16.2. The number of alkyl carbamates (subject to hydrolysis) is 1. The number of nitrogens with one attached hydrogen (secondary N) is 1. The molecule has 0 aromatic heterocycles. The molecule has 0 saturated heterocycles. The van der Waals surface area contributed by atoms with Gasteiger partial charge in [0.05, 0.1) is 13.2 Å². The van der Waals surface area contributed by atoms with E-state index < -0.39 is 11.7 Å². The normalized spacial score (nSPS) is 12.2. The van der Waals surface area contributed by atoms with Gasteiger partial charge in [0.1, 0.15) is 11.4 Å².